The summed E-state index contributed by atoms with van der Waals surface area (Å²) in [7, 11) is 1.33. The van der Waals surface area contributed by atoms with Crippen molar-refractivity contribution < 1.29 is 23.2 Å². The number of hydrogen-bond acceptors (Lipinski definition) is 8. The molecule has 0 atom stereocenters. The molecule has 0 fully saturated rings. The second kappa shape index (κ2) is 8.34. The van der Waals surface area contributed by atoms with Crippen molar-refractivity contribution in [3.05, 3.63) is 53.8 Å². The van der Waals surface area contributed by atoms with Crippen molar-refractivity contribution in [2.45, 2.75) is 11.8 Å². The van der Waals surface area contributed by atoms with Gasteiger partial charge >= 0.3 is 5.97 Å². The van der Waals surface area contributed by atoms with E-state index in [1.807, 2.05) is 0 Å². The molecular weight excluding hydrogens is 358 g/mol. The van der Waals surface area contributed by atoms with E-state index < -0.39 is 5.97 Å². The number of esters is 1. The summed E-state index contributed by atoms with van der Waals surface area (Å²) in [6, 6.07) is 10.2. The lowest BCUT2D eigenvalue weighted by atomic mass is 10.1. The molecule has 0 saturated carbocycles. The molecule has 2 heterocycles. The van der Waals surface area contributed by atoms with E-state index >= 15 is 0 Å². The molecule has 0 aliphatic rings. The van der Waals surface area contributed by atoms with Crippen LogP contribution < -0.4 is 5.32 Å². The molecule has 0 aliphatic carbocycles. The van der Waals surface area contributed by atoms with Crippen molar-refractivity contribution >= 4 is 23.6 Å². The van der Waals surface area contributed by atoms with Gasteiger partial charge in [0, 0.05) is 6.54 Å². The summed E-state index contributed by atoms with van der Waals surface area (Å²) < 4.78 is 15.2. The standard InChI is InChI=1S/C17H15N3O5S/c1-23-16(22)12-6-4-11(5-7-12)9-18-14(21)10-26-17-20-19-15(25-17)13-3-2-8-24-13/h2-8H,9-10H2,1H3,(H,18,21). The molecule has 2 aromatic heterocycles. The first-order valence-corrected chi connectivity index (χ1v) is 8.58. The molecule has 3 aromatic rings. The number of aromatic nitrogens is 2. The second-order valence-electron chi connectivity index (χ2n) is 5.10. The van der Waals surface area contributed by atoms with E-state index in [1.54, 1.807) is 36.4 Å². The largest absolute Gasteiger partial charge is 0.465 e. The number of benzene rings is 1. The number of methoxy groups -OCH3 is 1. The van der Waals surface area contributed by atoms with Gasteiger partial charge in [-0.25, -0.2) is 4.79 Å². The van der Waals surface area contributed by atoms with E-state index in [4.69, 9.17) is 8.83 Å². The smallest absolute Gasteiger partial charge is 0.337 e. The molecule has 0 spiro atoms. The molecule has 0 bridgehead atoms. The zero-order chi connectivity index (χ0) is 18.4. The minimum Gasteiger partial charge on any atom is -0.465 e. The van der Waals surface area contributed by atoms with Gasteiger partial charge in [-0.15, -0.1) is 10.2 Å². The minimum absolute atomic E-state index is 0.139. The molecule has 8 nitrogen and oxygen atoms in total. The summed E-state index contributed by atoms with van der Waals surface area (Å²) in [5, 5.41) is 10.8. The molecule has 0 aliphatic heterocycles. The Morgan fingerprint density at radius 3 is 2.69 bits per heavy atom. The molecule has 0 unspecified atom stereocenters. The number of hydrogen-bond donors (Lipinski definition) is 1. The zero-order valence-electron chi connectivity index (χ0n) is 13.8. The van der Waals surface area contributed by atoms with Gasteiger partial charge in [-0.3, -0.25) is 4.79 Å². The van der Waals surface area contributed by atoms with Gasteiger partial charge in [-0.2, -0.15) is 0 Å². The van der Waals surface area contributed by atoms with Gasteiger partial charge in [0.15, 0.2) is 5.76 Å². The molecule has 26 heavy (non-hydrogen) atoms. The Morgan fingerprint density at radius 2 is 2.00 bits per heavy atom. The van der Waals surface area contributed by atoms with Crippen LogP contribution in [0.2, 0.25) is 0 Å². The van der Waals surface area contributed by atoms with E-state index in [0.717, 1.165) is 17.3 Å². The molecule has 3 rings (SSSR count). The predicted molar refractivity (Wildman–Crippen MR) is 92.4 cm³/mol. The van der Waals surface area contributed by atoms with Crippen LogP contribution in [-0.4, -0.2) is 34.9 Å². The Hall–Kier alpha value is -3.07. The van der Waals surface area contributed by atoms with E-state index in [0.29, 0.717) is 17.9 Å². The van der Waals surface area contributed by atoms with Gasteiger partial charge in [-0.1, -0.05) is 23.9 Å². The first kappa shape index (κ1) is 17.7. The highest BCUT2D eigenvalue weighted by Crippen LogP contribution is 2.23. The Balaban J connectivity index is 1.45. The van der Waals surface area contributed by atoms with Gasteiger partial charge in [0.05, 0.1) is 24.7 Å². The Morgan fingerprint density at radius 1 is 1.19 bits per heavy atom. The van der Waals surface area contributed by atoms with Gasteiger partial charge in [-0.05, 0) is 29.8 Å². The Labute approximate surface area is 152 Å². The van der Waals surface area contributed by atoms with Gasteiger partial charge < -0.3 is 18.9 Å². The summed E-state index contributed by atoms with van der Waals surface area (Å²) in [6.45, 7) is 0.350. The lowest BCUT2D eigenvalue weighted by Crippen LogP contribution is -2.24. The van der Waals surface area contributed by atoms with E-state index in [1.165, 1.54) is 13.4 Å². The zero-order valence-corrected chi connectivity index (χ0v) is 14.6. The van der Waals surface area contributed by atoms with Crippen molar-refractivity contribution in [3.63, 3.8) is 0 Å². The number of rotatable bonds is 7. The van der Waals surface area contributed by atoms with Crippen LogP contribution in [0.3, 0.4) is 0 Å². The third-order valence-corrected chi connectivity index (χ3v) is 4.15. The third-order valence-electron chi connectivity index (χ3n) is 3.33. The van der Waals surface area contributed by atoms with Crippen molar-refractivity contribution in [2.24, 2.45) is 0 Å². The van der Waals surface area contributed by atoms with Gasteiger partial charge in [0.2, 0.25) is 5.91 Å². The van der Waals surface area contributed by atoms with Crippen LogP contribution in [0.1, 0.15) is 15.9 Å². The first-order chi connectivity index (χ1) is 12.7. The van der Waals surface area contributed by atoms with Crippen molar-refractivity contribution in [2.75, 3.05) is 12.9 Å². The SMILES string of the molecule is COC(=O)c1ccc(CNC(=O)CSc2nnc(-c3ccco3)o2)cc1. The fraction of sp³-hybridized carbons (Fsp3) is 0.176. The molecular formula is C17H15N3O5S. The number of thioether (sulfide) groups is 1. The maximum atomic E-state index is 11.9. The van der Waals surface area contributed by atoms with Crippen LogP contribution >= 0.6 is 11.8 Å². The summed E-state index contributed by atoms with van der Waals surface area (Å²) in [5.41, 5.74) is 1.33. The summed E-state index contributed by atoms with van der Waals surface area (Å²) in [5.74, 6) is 0.308. The van der Waals surface area contributed by atoms with Gasteiger partial charge in [0.25, 0.3) is 11.1 Å². The van der Waals surface area contributed by atoms with Crippen LogP contribution in [0, 0.1) is 0 Å². The maximum Gasteiger partial charge on any atom is 0.337 e. The van der Waals surface area contributed by atoms with E-state index in [-0.39, 0.29) is 22.8 Å². The number of nitrogens with one attached hydrogen (secondary N) is 1. The minimum atomic E-state index is -0.398. The van der Waals surface area contributed by atoms with Gasteiger partial charge in [0.1, 0.15) is 0 Å². The van der Waals surface area contributed by atoms with Crippen molar-refractivity contribution in [1.82, 2.24) is 15.5 Å². The highest BCUT2D eigenvalue weighted by molar-refractivity contribution is 7.99. The molecule has 1 aromatic carbocycles. The number of furan rings is 1. The number of amides is 1. The van der Waals surface area contributed by atoms with Crippen LogP contribution in [-0.2, 0) is 16.1 Å². The fourth-order valence-electron chi connectivity index (χ4n) is 2.02. The monoisotopic (exact) mass is 373 g/mol. The average Bonchev–Trinajstić information content (AvgIpc) is 3.36. The van der Waals surface area contributed by atoms with Crippen molar-refractivity contribution in [3.8, 4) is 11.7 Å². The van der Waals surface area contributed by atoms with Crippen LogP contribution in [0.15, 0.2) is 56.7 Å². The molecule has 0 radical (unpaired) electrons. The molecule has 0 saturated heterocycles. The normalized spacial score (nSPS) is 10.5. The Bertz CT molecular complexity index is 874. The van der Waals surface area contributed by atoms with Crippen molar-refractivity contribution in [1.29, 1.82) is 0 Å². The highest BCUT2D eigenvalue weighted by atomic mass is 32.2. The lowest BCUT2D eigenvalue weighted by molar-refractivity contribution is -0.118. The summed E-state index contributed by atoms with van der Waals surface area (Å²) in [4.78, 5) is 23.3. The number of nitrogens with zero attached hydrogens (tertiary/aromatic N) is 2. The molecule has 9 heteroatoms. The second-order valence-corrected chi connectivity index (χ2v) is 6.03. The first-order valence-electron chi connectivity index (χ1n) is 7.60. The van der Waals surface area contributed by atoms with E-state index in [9.17, 15) is 9.59 Å². The average molecular weight is 373 g/mol. The molecule has 1 amide bonds. The van der Waals surface area contributed by atoms with Crippen LogP contribution in [0.4, 0.5) is 0 Å². The van der Waals surface area contributed by atoms with Crippen LogP contribution in [0.25, 0.3) is 11.7 Å². The highest BCUT2D eigenvalue weighted by Gasteiger charge is 2.13. The summed E-state index contributed by atoms with van der Waals surface area (Å²) in [6.07, 6.45) is 1.51. The maximum absolute atomic E-state index is 11.9. The lowest BCUT2D eigenvalue weighted by Gasteiger charge is -2.05. The topological polar surface area (TPSA) is 107 Å². The quantitative estimate of drug-likeness (QED) is 0.497. The van der Waals surface area contributed by atoms with Crippen LogP contribution in [0.5, 0.6) is 0 Å². The summed E-state index contributed by atoms with van der Waals surface area (Å²) >= 11 is 1.14. The Kier molecular flexibility index (Phi) is 5.69. The number of carbonyl (C=O) groups is 2. The number of carbonyl (C=O) groups excluding carboxylic acids is 2. The van der Waals surface area contributed by atoms with E-state index in [2.05, 4.69) is 20.3 Å². The molecule has 1 N–H and O–H groups in total. The third kappa shape index (κ3) is 4.51. The predicted octanol–water partition coefficient (Wildman–Crippen LogP) is 2.52. The molecule has 134 valence electrons. The fourth-order valence-corrected chi connectivity index (χ4v) is 2.62. The number of ether oxygens (including phenoxy) is 1.